The first kappa shape index (κ1) is 11.7. The lowest BCUT2D eigenvalue weighted by Crippen LogP contribution is -2.23. The number of hydrogen-bond acceptors (Lipinski definition) is 2. The van der Waals surface area contributed by atoms with Gasteiger partial charge in [-0.3, -0.25) is 4.79 Å². The van der Waals surface area contributed by atoms with Crippen molar-refractivity contribution in [1.82, 2.24) is 0 Å². The highest BCUT2D eigenvalue weighted by Gasteiger charge is 2.24. The number of carbonyl (C=O) groups excluding carboxylic acids is 1. The number of Topliss-reactive ketones (excluding diaryl/α,β-unsaturated/α-hetero) is 1. The Balaban J connectivity index is 2.44. The molecule has 2 heteroatoms. The van der Waals surface area contributed by atoms with E-state index in [1.54, 1.807) is 0 Å². The molecule has 1 aliphatic carbocycles. The molecule has 0 aliphatic heterocycles. The van der Waals surface area contributed by atoms with Crippen LogP contribution in [0.1, 0.15) is 52.4 Å². The predicted molar refractivity (Wildman–Crippen MR) is 57.0 cm³/mol. The summed E-state index contributed by atoms with van der Waals surface area (Å²) in [5.41, 5.74) is 0. The van der Waals surface area contributed by atoms with E-state index < -0.39 is 0 Å². The summed E-state index contributed by atoms with van der Waals surface area (Å²) in [4.78, 5) is 11.6. The molecule has 0 amide bonds. The second-order valence-corrected chi connectivity index (χ2v) is 4.79. The van der Waals surface area contributed by atoms with Gasteiger partial charge in [-0.2, -0.15) is 0 Å². The Labute approximate surface area is 86.7 Å². The zero-order valence-electron chi connectivity index (χ0n) is 9.33. The lowest BCUT2D eigenvalue weighted by molar-refractivity contribution is -0.123. The highest BCUT2D eigenvalue weighted by molar-refractivity contribution is 5.80. The third-order valence-electron chi connectivity index (χ3n) is 3.23. The molecule has 0 bridgehead atoms. The van der Waals surface area contributed by atoms with Gasteiger partial charge in [0.05, 0.1) is 6.10 Å². The first-order valence-electron chi connectivity index (χ1n) is 5.82. The quantitative estimate of drug-likeness (QED) is 0.708. The van der Waals surface area contributed by atoms with Gasteiger partial charge in [0.25, 0.3) is 0 Å². The molecule has 1 fully saturated rings. The Hall–Kier alpha value is -0.370. The average molecular weight is 198 g/mol. The summed E-state index contributed by atoms with van der Waals surface area (Å²) in [6, 6.07) is 0. The highest BCUT2D eigenvalue weighted by Crippen LogP contribution is 2.26. The lowest BCUT2D eigenvalue weighted by Gasteiger charge is -2.20. The van der Waals surface area contributed by atoms with Gasteiger partial charge in [-0.15, -0.1) is 0 Å². The Morgan fingerprint density at radius 1 is 1.29 bits per heavy atom. The van der Waals surface area contributed by atoms with Crippen molar-refractivity contribution in [2.24, 2.45) is 11.8 Å². The van der Waals surface area contributed by atoms with Crippen molar-refractivity contribution in [2.75, 3.05) is 0 Å². The van der Waals surface area contributed by atoms with Gasteiger partial charge in [-0.1, -0.05) is 33.1 Å². The van der Waals surface area contributed by atoms with Crippen molar-refractivity contribution in [1.29, 1.82) is 0 Å². The SMILES string of the molecule is CC(C)C(=O)CC1CCCCCC1O. The lowest BCUT2D eigenvalue weighted by atomic mass is 9.89. The van der Waals surface area contributed by atoms with Gasteiger partial charge in [0, 0.05) is 12.3 Å². The average Bonchev–Trinajstić information content (AvgIpc) is 2.32. The third-order valence-corrected chi connectivity index (χ3v) is 3.23. The van der Waals surface area contributed by atoms with Crippen LogP contribution in [0.25, 0.3) is 0 Å². The Morgan fingerprint density at radius 3 is 2.57 bits per heavy atom. The minimum absolute atomic E-state index is 0.116. The van der Waals surface area contributed by atoms with Gasteiger partial charge in [-0.25, -0.2) is 0 Å². The maximum atomic E-state index is 11.6. The minimum atomic E-state index is -0.236. The van der Waals surface area contributed by atoms with Crippen LogP contribution >= 0.6 is 0 Å². The molecule has 0 heterocycles. The van der Waals surface area contributed by atoms with Crippen LogP contribution in [0.5, 0.6) is 0 Å². The first-order valence-corrected chi connectivity index (χ1v) is 5.82. The molecule has 1 saturated carbocycles. The second-order valence-electron chi connectivity index (χ2n) is 4.79. The molecule has 14 heavy (non-hydrogen) atoms. The molecule has 1 aliphatic rings. The van der Waals surface area contributed by atoms with Gasteiger partial charge in [-0.05, 0) is 18.8 Å². The van der Waals surface area contributed by atoms with Crippen molar-refractivity contribution in [2.45, 2.75) is 58.5 Å². The summed E-state index contributed by atoms with van der Waals surface area (Å²) >= 11 is 0. The predicted octanol–water partition coefficient (Wildman–Crippen LogP) is 2.54. The molecular formula is C12H22O2. The fourth-order valence-corrected chi connectivity index (χ4v) is 2.10. The largest absolute Gasteiger partial charge is 0.393 e. The van der Waals surface area contributed by atoms with Gasteiger partial charge in [0.2, 0.25) is 0 Å². The Morgan fingerprint density at radius 2 is 1.93 bits per heavy atom. The number of rotatable bonds is 3. The molecule has 1 N–H and O–H groups in total. The van der Waals surface area contributed by atoms with E-state index in [0.717, 1.165) is 19.3 Å². The number of aliphatic hydroxyl groups is 1. The van der Waals surface area contributed by atoms with Crippen LogP contribution in [0.4, 0.5) is 0 Å². The summed E-state index contributed by atoms with van der Waals surface area (Å²) in [5, 5.41) is 9.83. The van der Waals surface area contributed by atoms with Crippen molar-refractivity contribution in [3.05, 3.63) is 0 Å². The molecule has 0 radical (unpaired) electrons. The van der Waals surface area contributed by atoms with Gasteiger partial charge in [0.1, 0.15) is 5.78 Å². The van der Waals surface area contributed by atoms with Crippen molar-refractivity contribution in [3.8, 4) is 0 Å². The smallest absolute Gasteiger partial charge is 0.135 e. The highest BCUT2D eigenvalue weighted by atomic mass is 16.3. The molecule has 0 aromatic rings. The Bertz CT molecular complexity index is 187. The summed E-state index contributed by atoms with van der Waals surface area (Å²) in [5.74, 6) is 0.647. The summed E-state index contributed by atoms with van der Waals surface area (Å²) in [6.45, 7) is 3.87. The Kier molecular flexibility index (Phi) is 4.59. The van der Waals surface area contributed by atoms with Crippen molar-refractivity contribution in [3.63, 3.8) is 0 Å². The third kappa shape index (κ3) is 3.41. The molecule has 2 atom stereocenters. The second kappa shape index (κ2) is 5.50. The maximum absolute atomic E-state index is 11.6. The maximum Gasteiger partial charge on any atom is 0.135 e. The molecule has 0 saturated heterocycles. The summed E-state index contributed by atoms with van der Waals surface area (Å²) in [6.07, 6.45) is 5.76. The van der Waals surface area contributed by atoms with E-state index in [-0.39, 0.29) is 17.9 Å². The minimum Gasteiger partial charge on any atom is -0.393 e. The van der Waals surface area contributed by atoms with Gasteiger partial charge < -0.3 is 5.11 Å². The summed E-state index contributed by atoms with van der Waals surface area (Å²) < 4.78 is 0. The topological polar surface area (TPSA) is 37.3 Å². The molecular weight excluding hydrogens is 176 g/mol. The standard InChI is InChI=1S/C12H22O2/c1-9(2)12(14)8-10-6-4-3-5-7-11(10)13/h9-11,13H,3-8H2,1-2H3. The normalized spacial score (nSPS) is 28.9. The van der Waals surface area contributed by atoms with Crippen molar-refractivity contribution < 1.29 is 9.90 Å². The van der Waals surface area contributed by atoms with E-state index in [2.05, 4.69) is 0 Å². The zero-order chi connectivity index (χ0) is 10.6. The van der Waals surface area contributed by atoms with E-state index in [1.807, 2.05) is 13.8 Å². The molecule has 1 rings (SSSR count). The fourth-order valence-electron chi connectivity index (χ4n) is 2.10. The monoisotopic (exact) mass is 198 g/mol. The fraction of sp³-hybridized carbons (Fsp3) is 0.917. The van der Waals surface area contributed by atoms with Gasteiger partial charge in [0.15, 0.2) is 0 Å². The molecule has 2 unspecified atom stereocenters. The van der Waals surface area contributed by atoms with Gasteiger partial charge >= 0.3 is 0 Å². The number of carbonyl (C=O) groups is 1. The van der Waals surface area contributed by atoms with E-state index in [4.69, 9.17) is 0 Å². The number of ketones is 1. The zero-order valence-corrected chi connectivity index (χ0v) is 9.33. The van der Waals surface area contributed by atoms with Crippen molar-refractivity contribution >= 4 is 5.78 Å². The van der Waals surface area contributed by atoms with Crippen LogP contribution in [-0.4, -0.2) is 17.0 Å². The van der Waals surface area contributed by atoms with E-state index in [1.165, 1.54) is 12.8 Å². The van der Waals surface area contributed by atoms with E-state index in [9.17, 15) is 9.90 Å². The summed E-state index contributed by atoms with van der Waals surface area (Å²) in [7, 11) is 0. The van der Waals surface area contributed by atoms with Crippen LogP contribution in [0.3, 0.4) is 0 Å². The van der Waals surface area contributed by atoms with Crippen LogP contribution in [-0.2, 0) is 4.79 Å². The molecule has 2 nitrogen and oxygen atoms in total. The molecule has 0 aromatic heterocycles. The van der Waals surface area contributed by atoms with Crippen LogP contribution in [0.15, 0.2) is 0 Å². The van der Waals surface area contributed by atoms with E-state index in [0.29, 0.717) is 12.2 Å². The number of aliphatic hydroxyl groups excluding tert-OH is 1. The van der Waals surface area contributed by atoms with Crippen LogP contribution in [0, 0.1) is 11.8 Å². The molecule has 0 aromatic carbocycles. The van der Waals surface area contributed by atoms with E-state index >= 15 is 0 Å². The molecule has 0 spiro atoms. The first-order chi connectivity index (χ1) is 6.61. The van der Waals surface area contributed by atoms with Crippen LogP contribution < -0.4 is 0 Å². The van der Waals surface area contributed by atoms with Crippen LogP contribution in [0.2, 0.25) is 0 Å². The number of hydrogen-bond donors (Lipinski definition) is 1. The molecule has 82 valence electrons.